The normalized spacial score (nSPS) is 16.2. The number of nitrogens with one attached hydrogen (secondary N) is 1. The summed E-state index contributed by atoms with van der Waals surface area (Å²) in [7, 11) is -1.25. The Balaban J connectivity index is 1.97. The molecule has 1 fully saturated rings. The van der Waals surface area contributed by atoms with Crippen LogP contribution in [0.3, 0.4) is 0 Å². The molecule has 3 N–H and O–H groups in total. The summed E-state index contributed by atoms with van der Waals surface area (Å²) in [6, 6.07) is 0.702. The highest BCUT2D eigenvalue weighted by Crippen LogP contribution is 2.31. The maximum atomic E-state index is 11.6. The lowest BCUT2D eigenvalue weighted by Gasteiger charge is -2.15. The Labute approximate surface area is 111 Å². The highest BCUT2D eigenvalue weighted by Gasteiger charge is 2.26. The third-order valence-corrected chi connectivity index (χ3v) is 5.07. The van der Waals surface area contributed by atoms with Crippen LogP contribution in [0.2, 0.25) is 0 Å². The minimum atomic E-state index is -3.33. The van der Waals surface area contributed by atoms with Gasteiger partial charge in [-0.1, -0.05) is 0 Å². The molecule has 1 heterocycles. The zero-order valence-corrected chi connectivity index (χ0v) is 12.1. The fraction of sp³-hybridized carbons (Fsp3) is 0.700. The molecule has 0 amide bonds. The van der Waals surface area contributed by atoms with E-state index in [2.05, 4.69) is 21.6 Å². The number of anilines is 2. The van der Waals surface area contributed by atoms with Gasteiger partial charge >= 0.3 is 0 Å². The molecule has 1 aliphatic rings. The van der Waals surface area contributed by atoms with Crippen LogP contribution in [0.1, 0.15) is 12.8 Å². The van der Waals surface area contributed by atoms with Gasteiger partial charge in [0, 0.05) is 25.4 Å². The number of hydrogen-bond donors (Lipinski definition) is 2. The summed E-state index contributed by atoms with van der Waals surface area (Å²) in [6.07, 6.45) is 3.67. The van der Waals surface area contributed by atoms with Gasteiger partial charge in [0.1, 0.15) is 9.90 Å². The second-order valence-electron chi connectivity index (χ2n) is 4.64. The third-order valence-electron chi connectivity index (χ3n) is 2.97. The minimum absolute atomic E-state index is 0.0838. The Morgan fingerprint density at radius 3 is 2.78 bits per heavy atom. The summed E-state index contributed by atoms with van der Waals surface area (Å²) in [5.74, 6) is 0.0838. The number of nitrogen functional groups attached to an aromatic ring is 1. The number of hydrogen-bond acceptors (Lipinski definition) is 7. The molecule has 1 aromatic heterocycles. The summed E-state index contributed by atoms with van der Waals surface area (Å²) in [4.78, 5) is 2.40. The molecule has 2 rings (SSSR count). The van der Waals surface area contributed by atoms with Crippen molar-refractivity contribution < 1.29 is 8.42 Å². The first-order valence-electron chi connectivity index (χ1n) is 5.79. The van der Waals surface area contributed by atoms with E-state index in [1.807, 2.05) is 0 Å². The van der Waals surface area contributed by atoms with E-state index >= 15 is 0 Å². The van der Waals surface area contributed by atoms with E-state index in [0.29, 0.717) is 17.6 Å². The van der Waals surface area contributed by atoms with Crippen LogP contribution in [0, 0.1) is 0 Å². The van der Waals surface area contributed by atoms with Gasteiger partial charge in [0.25, 0.3) is 0 Å². The van der Waals surface area contributed by atoms with Gasteiger partial charge in [-0.15, -0.1) is 0 Å². The number of aromatic nitrogens is 1. The Morgan fingerprint density at radius 2 is 2.22 bits per heavy atom. The van der Waals surface area contributed by atoms with Gasteiger partial charge < -0.3 is 16.0 Å². The van der Waals surface area contributed by atoms with E-state index in [1.165, 1.54) is 12.8 Å². The van der Waals surface area contributed by atoms with E-state index in [1.54, 1.807) is 0 Å². The van der Waals surface area contributed by atoms with Gasteiger partial charge in [-0.2, -0.15) is 4.37 Å². The first kappa shape index (κ1) is 13.6. The molecule has 0 spiro atoms. The average Bonchev–Trinajstić information content (AvgIpc) is 3.02. The zero-order chi connectivity index (χ0) is 13.3. The molecule has 6 nitrogen and oxygen atoms in total. The quantitative estimate of drug-likeness (QED) is 0.799. The average molecular weight is 290 g/mol. The molecule has 0 aromatic carbocycles. The molecule has 0 saturated heterocycles. The van der Waals surface area contributed by atoms with Crippen molar-refractivity contribution in [3.8, 4) is 0 Å². The molecular formula is C10H18N4O2S2. The minimum Gasteiger partial charge on any atom is -0.382 e. The predicted octanol–water partition coefficient (Wildman–Crippen LogP) is 0.635. The molecule has 8 heteroatoms. The van der Waals surface area contributed by atoms with Crippen molar-refractivity contribution in [2.24, 2.45) is 0 Å². The van der Waals surface area contributed by atoms with Gasteiger partial charge in [0.15, 0.2) is 15.7 Å². The molecule has 102 valence electrons. The Kier molecular flexibility index (Phi) is 3.79. The van der Waals surface area contributed by atoms with Crippen molar-refractivity contribution in [1.82, 2.24) is 9.27 Å². The number of nitrogens with zero attached hydrogens (tertiary/aromatic N) is 2. The van der Waals surface area contributed by atoms with Crippen LogP contribution in [-0.4, -0.2) is 50.1 Å². The topological polar surface area (TPSA) is 88.3 Å². The van der Waals surface area contributed by atoms with Crippen molar-refractivity contribution in [2.45, 2.75) is 23.8 Å². The van der Waals surface area contributed by atoms with Crippen LogP contribution in [0.25, 0.3) is 0 Å². The highest BCUT2D eigenvalue weighted by molar-refractivity contribution is 7.91. The summed E-state index contributed by atoms with van der Waals surface area (Å²) in [5.41, 5.74) is 5.59. The van der Waals surface area contributed by atoms with E-state index in [-0.39, 0.29) is 10.7 Å². The Hall–Kier alpha value is -0.860. The third kappa shape index (κ3) is 3.12. The Morgan fingerprint density at radius 1 is 1.56 bits per heavy atom. The number of rotatable bonds is 6. The lowest BCUT2D eigenvalue weighted by molar-refractivity contribution is 0.337. The van der Waals surface area contributed by atoms with Crippen molar-refractivity contribution in [1.29, 1.82) is 0 Å². The SMILES string of the molecule is CN(CCNc1snc(N)c1S(C)(=O)=O)C1CC1. The van der Waals surface area contributed by atoms with Crippen LogP contribution < -0.4 is 11.1 Å². The molecule has 1 saturated carbocycles. The van der Waals surface area contributed by atoms with Crippen molar-refractivity contribution in [3.63, 3.8) is 0 Å². The van der Waals surface area contributed by atoms with Crippen molar-refractivity contribution >= 4 is 32.2 Å². The van der Waals surface area contributed by atoms with Crippen LogP contribution in [-0.2, 0) is 9.84 Å². The lowest BCUT2D eigenvalue weighted by Crippen LogP contribution is -2.27. The van der Waals surface area contributed by atoms with Gasteiger partial charge in [0.05, 0.1) is 0 Å². The smallest absolute Gasteiger partial charge is 0.182 e. The number of nitrogens with two attached hydrogens (primary N) is 1. The number of sulfone groups is 1. The second-order valence-corrected chi connectivity index (χ2v) is 7.36. The van der Waals surface area contributed by atoms with Crippen LogP contribution >= 0.6 is 11.5 Å². The van der Waals surface area contributed by atoms with E-state index < -0.39 is 9.84 Å². The number of likely N-dealkylation sites (N-methyl/N-ethyl adjacent to an activating group) is 1. The van der Waals surface area contributed by atoms with E-state index in [9.17, 15) is 8.42 Å². The molecule has 1 aromatic rings. The fourth-order valence-electron chi connectivity index (χ4n) is 1.81. The predicted molar refractivity (Wildman–Crippen MR) is 73.8 cm³/mol. The van der Waals surface area contributed by atoms with Crippen LogP contribution in [0.15, 0.2) is 4.90 Å². The van der Waals surface area contributed by atoms with E-state index in [4.69, 9.17) is 5.73 Å². The highest BCUT2D eigenvalue weighted by atomic mass is 32.2. The largest absolute Gasteiger partial charge is 0.382 e. The van der Waals surface area contributed by atoms with Gasteiger partial charge in [-0.3, -0.25) is 0 Å². The second kappa shape index (κ2) is 5.02. The van der Waals surface area contributed by atoms with Crippen molar-refractivity contribution in [2.75, 3.05) is 37.4 Å². The van der Waals surface area contributed by atoms with Gasteiger partial charge in [-0.05, 0) is 31.4 Å². The van der Waals surface area contributed by atoms with E-state index in [0.717, 1.165) is 24.3 Å². The summed E-state index contributed by atoms with van der Waals surface area (Å²) >= 11 is 1.09. The molecule has 18 heavy (non-hydrogen) atoms. The fourth-order valence-corrected chi connectivity index (χ4v) is 3.90. The molecule has 0 radical (unpaired) electrons. The van der Waals surface area contributed by atoms with Crippen molar-refractivity contribution in [3.05, 3.63) is 0 Å². The molecule has 1 aliphatic carbocycles. The summed E-state index contributed by atoms with van der Waals surface area (Å²) < 4.78 is 27.1. The van der Waals surface area contributed by atoms with Gasteiger partial charge in [-0.25, -0.2) is 8.42 Å². The molecule has 0 unspecified atom stereocenters. The van der Waals surface area contributed by atoms with Crippen LogP contribution in [0.4, 0.5) is 10.8 Å². The first-order chi connectivity index (χ1) is 8.39. The van der Waals surface area contributed by atoms with Crippen LogP contribution in [0.5, 0.6) is 0 Å². The van der Waals surface area contributed by atoms with Gasteiger partial charge in [0.2, 0.25) is 0 Å². The first-order valence-corrected chi connectivity index (χ1v) is 8.45. The maximum absolute atomic E-state index is 11.6. The zero-order valence-electron chi connectivity index (χ0n) is 10.5. The standard InChI is InChI=1S/C10H18N4O2S2/c1-14(7-3-4-7)6-5-12-10-8(18(2,15)16)9(11)13-17-10/h7,12H,3-6H2,1-2H3,(H2,11,13). The molecular weight excluding hydrogens is 272 g/mol. The Bertz CT molecular complexity index is 522. The molecule has 0 aliphatic heterocycles. The molecule has 0 bridgehead atoms. The maximum Gasteiger partial charge on any atom is 0.182 e. The lowest BCUT2D eigenvalue weighted by atomic mass is 10.5. The summed E-state index contributed by atoms with van der Waals surface area (Å²) in [6.45, 7) is 1.57. The molecule has 0 atom stereocenters. The summed E-state index contributed by atoms with van der Waals surface area (Å²) in [5, 5.41) is 3.65. The monoisotopic (exact) mass is 290 g/mol.